The summed E-state index contributed by atoms with van der Waals surface area (Å²) in [6.07, 6.45) is 2.72. The van der Waals surface area contributed by atoms with Gasteiger partial charge in [-0.15, -0.1) is 0 Å². The molecule has 1 heterocycles. The molecule has 2 rings (SSSR count). The summed E-state index contributed by atoms with van der Waals surface area (Å²) in [4.78, 5) is 10.0. The number of nitrogens with zero attached hydrogens (tertiary/aromatic N) is 4. The topological polar surface area (TPSA) is 61.5 Å². The van der Waals surface area contributed by atoms with E-state index in [4.69, 9.17) is 4.74 Å². The predicted octanol–water partition coefficient (Wildman–Crippen LogP) is 2.99. The summed E-state index contributed by atoms with van der Waals surface area (Å²) >= 11 is 0. The number of rotatable bonds is 4. The van der Waals surface area contributed by atoms with Gasteiger partial charge in [0.25, 0.3) is 0 Å². The molecular formula is C16H15FN4O. The summed E-state index contributed by atoms with van der Waals surface area (Å²) in [7, 11) is 5.17. The Kier molecular flexibility index (Phi) is 4.69. The Morgan fingerprint density at radius 3 is 2.68 bits per heavy atom. The van der Waals surface area contributed by atoms with Crippen molar-refractivity contribution >= 4 is 12.0 Å². The third kappa shape index (κ3) is 3.38. The van der Waals surface area contributed by atoms with Crippen LogP contribution in [-0.2, 0) is 0 Å². The minimum Gasteiger partial charge on any atom is -0.494 e. The number of methoxy groups -OCH3 is 1. The van der Waals surface area contributed by atoms with Gasteiger partial charge in [0, 0.05) is 19.7 Å². The van der Waals surface area contributed by atoms with Crippen LogP contribution in [0.2, 0.25) is 0 Å². The van der Waals surface area contributed by atoms with Crippen LogP contribution in [0.25, 0.3) is 11.3 Å². The molecule has 0 spiro atoms. The molecule has 5 nitrogen and oxygen atoms in total. The van der Waals surface area contributed by atoms with E-state index in [1.807, 2.05) is 14.1 Å². The molecule has 2 aromatic rings. The molecule has 112 valence electrons. The first kappa shape index (κ1) is 15.4. The normalized spacial score (nSPS) is 10.5. The van der Waals surface area contributed by atoms with Crippen molar-refractivity contribution in [2.75, 3.05) is 21.2 Å². The highest BCUT2D eigenvalue weighted by Gasteiger charge is 2.12. The maximum absolute atomic E-state index is 13.0. The zero-order valence-electron chi connectivity index (χ0n) is 12.5. The fourth-order valence-corrected chi connectivity index (χ4v) is 1.85. The molecule has 0 atom stereocenters. The van der Waals surface area contributed by atoms with Gasteiger partial charge in [-0.1, -0.05) is 0 Å². The van der Waals surface area contributed by atoms with Gasteiger partial charge in [-0.05, 0) is 24.3 Å². The first-order valence-corrected chi connectivity index (χ1v) is 6.50. The molecule has 0 unspecified atom stereocenters. The molecule has 6 heteroatoms. The van der Waals surface area contributed by atoms with Crippen LogP contribution in [0.3, 0.4) is 0 Å². The number of benzene rings is 1. The first-order valence-electron chi connectivity index (χ1n) is 6.50. The Labute approximate surface area is 128 Å². The molecule has 0 aliphatic heterocycles. The average molecular weight is 298 g/mol. The molecule has 0 saturated heterocycles. The second kappa shape index (κ2) is 6.68. The van der Waals surface area contributed by atoms with Crippen molar-refractivity contribution in [2.24, 2.45) is 4.99 Å². The summed E-state index contributed by atoms with van der Waals surface area (Å²) in [5, 5.41) is 9.35. The predicted molar refractivity (Wildman–Crippen MR) is 82.7 cm³/mol. The number of hydrogen-bond acceptors (Lipinski definition) is 4. The van der Waals surface area contributed by atoms with Crippen LogP contribution >= 0.6 is 0 Å². The van der Waals surface area contributed by atoms with Gasteiger partial charge < -0.3 is 9.64 Å². The van der Waals surface area contributed by atoms with Crippen molar-refractivity contribution in [2.45, 2.75) is 0 Å². The van der Waals surface area contributed by atoms with Crippen LogP contribution in [0.15, 0.2) is 35.5 Å². The minimum atomic E-state index is -0.413. The van der Waals surface area contributed by atoms with Gasteiger partial charge in [-0.2, -0.15) is 5.26 Å². The molecule has 0 bridgehead atoms. The highest BCUT2D eigenvalue weighted by Crippen LogP contribution is 2.35. The second-order valence-electron chi connectivity index (χ2n) is 4.76. The fourth-order valence-electron chi connectivity index (χ4n) is 1.85. The summed E-state index contributed by atoms with van der Waals surface area (Å²) in [5.41, 5.74) is 2.03. The molecule has 0 radical (unpaired) electrons. The van der Waals surface area contributed by atoms with E-state index in [1.54, 1.807) is 29.4 Å². The van der Waals surface area contributed by atoms with Gasteiger partial charge in [0.1, 0.15) is 23.3 Å². The SMILES string of the molecule is COc1cc(-c2ccc(F)cn2)cc(C#N)c1N=CN(C)C. The average Bonchev–Trinajstić information content (AvgIpc) is 2.52. The van der Waals surface area contributed by atoms with Crippen molar-refractivity contribution in [3.8, 4) is 23.1 Å². The van der Waals surface area contributed by atoms with Gasteiger partial charge in [-0.25, -0.2) is 9.38 Å². The fraction of sp³-hybridized carbons (Fsp3) is 0.188. The Balaban J connectivity index is 2.56. The molecule has 0 saturated carbocycles. The lowest BCUT2D eigenvalue weighted by Crippen LogP contribution is -2.07. The van der Waals surface area contributed by atoms with Gasteiger partial charge in [0.15, 0.2) is 0 Å². The Hall–Kier alpha value is -2.94. The van der Waals surface area contributed by atoms with Gasteiger partial charge in [-0.3, -0.25) is 4.98 Å². The lowest BCUT2D eigenvalue weighted by atomic mass is 10.1. The van der Waals surface area contributed by atoms with Crippen LogP contribution in [-0.4, -0.2) is 37.4 Å². The number of pyridine rings is 1. The van der Waals surface area contributed by atoms with E-state index in [9.17, 15) is 9.65 Å². The quantitative estimate of drug-likeness (QED) is 0.643. The van der Waals surface area contributed by atoms with Crippen LogP contribution in [0.5, 0.6) is 5.75 Å². The maximum Gasteiger partial charge on any atom is 0.146 e. The molecule has 0 aliphatic rings. The van der Waals surface area contributed by atoms with Crippen LogP contribution in [0, 0.1) is 17.1 Å². The van der Waals surface area contributed by atoms with E-state index < -0.39 is 5.82 Å². The van der Waals surface area contributed by atoms with Crippen LogP contribution < -0.4 is 4.74 Å². The van der Waals surface area contributed by atoms with Crippen molar-refractivity contribution < 1.29 is 9.13 Å². The molecule has 1 aromatic carbocycles. The minimum absolute atomic E-state index is 0.360. The van der Waals surface area contributed by atoms with Gasteiger partial charge in [0.2, 0.25) is 0 Å². The number of hydrogen-bond donors (Lipinski definition) is 0. The number of aliphatic imine (C=N–C) groups is 1. The van der Waals surface area contributed by atoms with E-state index in [0.29, 0.717) is 28.3 Å². The Morgan fingerprint density at radius 2 is 2.14 bits per heavy atom. The second-order valence-corrected chi connectivity index (χ2v) is 4.76. The third-order valence-corrected chi connectivity index (χ3v) is 2.86. The van der Waals surface area contributed by atoms with Gasteiger partial charge in [0.05, 0.1) is 30.9 Å². The van der Waals surface area contributed by atoms with Crippen molar-refractivity contribution in [1.82, 2.24) is 9.88 Å². The third-order valence-electron chi connectivity index (χ3n) is 2.86. The molecular weight excluding hydrogens is 283 g/mol. The number of nitriles is 1. The smallest absolute Gasteiger partial charge is 0.146 e. The maximum atomic E-state index is 13.0. The molecule has 0 amide bonds. The molecule has 22 heavy (non-hydrogen) atoms. The zero-order chi connectivity index (χ0) is 16.1. The highest BCUT2D eigenvalue weighted by molar-refractivity contribution is 5.76. The zero-order valence-corrected chi connectivity index (χ0v) is 12.5. The standard InChI is InChI=1S/C16H15FN4O/c1-21(2)10-20-16-12(8-18)6-11(7-15(16)22-3)14-5-4-13(17)9-19-14/h4-7,9-10H,1-3H3. The van der Waals surface area contributed by atoms with E-state index in [1.165, 1.54) is 13.2 Å². The van der Waals surface area contributed by atoms with E-state index in [-0.39, 0.29) is 0 Å². The van der Waals surface area contributed by atoms with Crippen LogP contribution in [0.4, 0.5) is 10.1 Å². The van der Waals surface area contributed by atoms with E-state index >= 15 is 0 Å². The molecule has 1 aromatic heterocycles. The monoisotopic (exact) mass is 298 g/mol. The van der Waals surface area contributed by atoms with Gasteiger partial charge >= 0.3 is 0 Å². The van der Waals surface area contributed by atoms with E-state index in [2.05, 4.69) is 16.0 Å². The van der Waals surface area contributed by atoms with Crippen molar-refractivity contribution in [3.63, 3.8) is 0 Å². The van der Waals surface area contributed by atoms with E-state index in [0.717, 1.165) is 6.20 Å². The van der Waals surface area contributed by atoms with Crippen molar-refractivity contribution in [1.29, 1.82) is 5.26 Å². The van der Waals surface area contributed by atoms with Crippen LogP contribution in [0.1, 0.15) is 5.56 Å². The summed E-state index contributed by atoms with van der Waals surface area (Å²) in [5.74, 6) is 0.0432. The molecule has 0 aliphatic carbocycles. The largest absolute Gasteiger partial charge is 0.494 e. The highest BCUT2D eigenvalue weighted by atomic mass is 19.1. The summed E-state index contributed by atoms with van der Waals surface area (Å²) < 4.78 is 18.3. The number of ether oxygens (including phenoxy) is 1. The lowest BCUT2D eigenvalue weighted by molar-refractivity contribution is 0.416. The lowest BCUT2D eigenvalue weighted by Gasteiger charge is -2.10. The Bertz CT molecular complexity index is 733. The number of aromatic nitrogens is 1. The molecule has 0 N–H and O–H groups in total. The Morgan fingerprint density at radius 1 is 1.36 bits per heavy atom. The molecule has 0 fully saturated rings. The first-order chi connectivity index (χ1) is 10.5. The number of halogens is 1. The summed E-state index contributed by atoms with van der Waals surface area (Å²) in [6.45, 7) is 0. The summed E-state index contributed by atoms with van der Waals surface area (Å²) in [6, 6.07) is 8.35. The van der Waals surface area contributed by atoms with Crippen molar-refractivity contribution in [3.05, 3.63) is 41.8 Å².